The van der Waals surface area contributed by atoms with Crippen LogP contribution in [0.2, 0.25) is 0 Å². The minimum Gasteiger partial charge on any atom is -0.469 e. The highest BCUT2D eigenvalue weighted by Crippen LogP contribution is 2.37. The standard InChI is InChI=1S/C14H26N2O4S/c1-15(11-9-14(17)20-2)21(18,19)16-10-5-7-12-6-3-4-8-13(12)16/h12-13H,3-11H2,1-2H3. The lowest BCUT2D eigenvalue weighted by atomic mass is 9.79. The largest absolute Gasteiger partial charge is 0.469 e. The van der Waals surface area contributed by atoms with Crippen LogP contribution in [0.1, 0.15) is 44.9 Å². The van der Waals surface area contributed by atoms with Crippen LogP contribution in [-0.2, 0) is 19.7 Å². The Bertz CT molecular complexity index is 464. The normalized spacial score (nSPS) is 27.4. The number of ether oxygens (including phenoxy) is 1. The summed E-state index contributed by atoms with van der Waals surface area (Å²) in [5.74, 6) is 0.127. The number of piperidine rings is 1. The molecule has 0 aromatic heterocycles. The fourth-order valence-corrected chi connectivity index (χ4v) is 5.17. The Kier molecular flexibility index (Phi) is 5.62. The lowest BCUT2D eigenvalue weighted by molar-refractivity contribution is -0.140. The van der Waals surface area contributed by atoms with E-state index in [0.29, 0.717) is 12.5 Å². The van der Waals surface area contributed by atoms with Crippen LogP contribution < -0.4 is 0 Å². The maximum atomic E-state index is 12.7. The van der Waals surface area contributed by atoms with Crippen LogP contribution in [-0.4, -0.2) is 56.3 Å². The molecule has 2 atom stereocenters. The molecule has 1 aliphatic heterocycles. The van der Waals surface area contributed by atoms with E-state index in [0.717, 1.165) is 32.1 Å². The summed E-state index contributed by atoms with van der Waals surface area (Å²) in [4.78, 5) is 11.2. The number of hydrogen-bond donors (Lipinski definition) is 0. The van der Waals surface area contributed by atoms with Crippen LogP contribution in [0.25, 0.3) is 0 Å². The first-order chi connectivity index (χ1) is 9.96. The molecule has 6 nitrogen and oxygen atoms in total. The molecule has 0 bridgehead atoms. The van der Waals surface area contributed by atoms with Gasteiger partial charge in [-0.2, -0.15) is 17.0 Å². The van der Waals surface area contributed by atoms with Crippen molar-refractivity contribution in [3.63, 3.8) is 0 Å². The second-order valence-electron chi connectivity index (χ2n) is 6.02. The quantitative estimate of drug-likeness (QED) is 0.718. The lowest BCUT2D eigenvalue weighted by Gasteiger charge is -2.44. The number of fused-ring (bicyclic) bond motifs is 1. The van der Waals surface area contributed by atoms with Gasteiger partial charge in [-0.05, 0) is 31.6 Å². The van der Waals surface area contributed by atoms with Crippen molar-refractivity contribution < 1.29 is 17.9 Å². The highest BCUT2D eigenvalue weighted by Gasteiger charge is 2.40. The van der Waals surface area contributed by atoms with Gasteiger partial charge in [0.1, 0.15) is 0 Å². The van der Waals surface area contributed by atoms with Gasteiger partial charge in [-0.25, -0.2) is 0 Å². The lowest BCUT2D eigenvalue weighted by Crippen LogP contribution is -2.53. The highest BCUT2D eigenvalue weighted by molar-refractivity contribution is 7.86. The van der Waals surface area contributed by atoms with E-state index < -0.39 is 10.2 Å². The number of esters is 1. The third kappa shape index (κ3) is 3.76. The van der Waals surface area contributed by atoms with Crippen molar-refractivity contribution in [2.45, 2.75) is 51.0 Å². The van der Waals surface area contributed by atoms with Crippen LogP contribution in [0.5, 0.6) is 0 Å². The third-order valence-corrected chi connectivity index (χ3v) is 6.76. The Morgan fingerprint density at radius 2 is 1.90 bits per heavy atom. The molecule has 0 aromatic carbocycles. The van der Waals surface area contributed by atoms with Gasteiger partial charge in [0.2, 0.25) is 0 Å². The number of nitrogens with zero attached hydrogens (tertiary/aromatic N) is 2. The Morgan fingerprint density at radius 1 is 1.24 bits per heavy atom. The summed E-state index contributed by atoms with van der Waals surface area (Å²) >= 11 is 0. The van der Waals surface area contributed by atoms with Gasteiger partial charge in [0.05, 0.1) is 13.5 Å². The fourth-order valence-electron chi connectivity index (χ4n) is 3.51. The van der Waals surface area contributed by atoms with E-state index in [-0.39, 0.29) is 25.0 Å². The predicted octanol–water partition coefficient (Wildman–Crippen LogP) is 1.38. The van der Waals surface area contributed by atoms with Crippen LogP contribution in [0.3, 0.4) is 0 Å². The molecule has 1 saturated carbocycles. The number of carbonyl (C=O) groups excluding carboxylic acids is 1. The summed E-state index contributed by atoms with van der Waals surface area (Å²) in [5, 5.41) is 0. The molecule has 122 valence electrons. The van der Waals surface area contributed by atoms with E-state index >= 15 is 0 Å². The van der Waals surface area contributed by atoms with Crippen LogP contribution in [0, 0.1) is 5.92 Å². The third-order valence-electron chi connectivity index (χ3n) is 4.74. The van der Waals surface area contributed by atoms with Crippen LogP contribution in [0.4, 0.5) is 0 Å². The summed E-state index contributed by atoms with van der Waals surface area (Å²) in [7, 11) is -0.618. The maximum absolute atomic E-state index is 12.7. The molecule has 1 heterocycles. The molecule has 0 radical (unpaired) electrons. The smallest absolute Gasteiger partial charge is 0.306 e. The Labute approximate surface area is 127 Å². The van der Waals surface area contributed by atoms with Crippen molar-refractivity contribution in [3.8, 4) is 0 Å². The van der Waals surface area contributed by atoms with Crippen molar-refractivity contribution in [1.29, 1.82) is 0 Å². The Morgan fingerprint density at radius 3 is 2.62 bits per heavy atom. The molecule has 0 N–H and O–H groups in total. The summed E-state index contributed by atoms with van der Waals surface area (Å²) in [5.41, 5.74) is 0. The average Bonchev–Trinajstić information content (AvgIpc) is 2.51. The second-order valence-corrected chi connectivity index (χ2v) is 8.01. The minimum absolute atomic E-state index is 0.0914. The summed E-state index contributed by atoms with van der Waals surface area (Å²) in [6.45, 7) is 0.773. The first-order valence-electron chi connectivity index (χ1n) is 7.76. The number of rotatable bonds is 5. The van der Waals surface area contributed by atoms with Crippen LogP contribution in [0.15, 0.2) is 0 Å². The number of hydrogen-bond acceptors (Lipinski definition) is 4. The Balaban J connectivity index is 2.04. The molecular formula is C14H26N2O4S. The minimum atomic E-state index is -3.48. The zero-order valence-corrected chi connectivity index (χ0v) is 13.8. The molecule has 0 aromatic rings. The molecule has 0 amide bonds. The highest BCUT2D eigenvalue weighted by atomic mass is 32.2. The SMILES string of the molecule is COC(=O)CCN(C)S(=O)(=O)N1CCCC2CCCCC21. The molecule has 7 heteroatoms. The Hall–Kier alpha value is -0.660. The van der Waals surface area contributed by atoms with E-state index in [1.807, 2.05) is 0 Å². The first kappa shape index (κ1) is 16.7. The number of methoxy groups -OCH3 is 1. The monoisotopic (exact) mass is 318 g/mol. The van der Waals surface area contributed by atoms with E-state index in [2.05, 4.69) is 4.74 Å². The first-order valence-corrected chi connectivity index (χ1v) is 9.16. The summed E-state index contributed by atoms with van der Waals surface area (Å²) < 4.78 is 33.0. The second kappa shape index (κ2) is 7.07. The van der Waals surface area contributed by atoms with Gasteiger partial charge in [0.25, 0.3) is 10.2 Å². The van der Waals surface area contributed by atoms with Gasteiger partial charge in [-0.3, -0.25) is 4.79 Å². The topological polar surface area (TPSA) is 66.9 Å². The van der Waals surface area contributed by atoms with E-state index in [9.17, 15) is 13.2 Å². The average molecular weight is 318 g/mol. The van der Waals surface area contributed by atoms with E-state index in [4.69, 9.17) is 0 Å². The van der Waals surface area contributed by atoms with Crippen molar-refractivity contribution in [3.05, 3.63) is 0 Å². The zero-order valence-electron chi connectivity index (χ0n) is 13.0. The van der Waals surface area contributed by atoms with Crippen molar-refractivity contribution in [1.82, 2.24) is 8.61 Å². The molecule has 1 saturated heterocycles. The maximum Gasteiger partial charge on any atom is 0.306 e. The van der Waals surface area contributed by atoms with Crippen LogP contribution >= 0.6 is 0 Å². The van der Waals surface area contributed by atoms with E-state index in [1.165, 1.54) is 17.8 Å². The molecule has 21 heavy (non-hydrogen) atoms. The molecule has 2 unspecified atom stereocenters. The van der Waals surface area contributed by atoms with E-state index in [1.54, 1.807) is 11.4 Å². The van der Waals surface area contributed by atoms with Crippen molar-refractivity contribution in [2.24, 2.45) is 5.92 Å². The predicted molar refractivity (Wildman–Crippen MR) is 79.9 cm³/mol. The van der Waals surface area contributed by atoms with Crippen molar-refractivity contribution in [2.75, 3.05) is 27.2 Å². The van der Waals surface area contributed by atoms with Gasteiger partial charge in [0.15, 0.2) is 0 Å². The molecule has 2 rings (SSSR count). The van der Waals surface area contributed by atoms with Gasteiger partial charge in [0, 0.05) is 26.2 Å². The summed E-state index contributed by atoms with van der Waals surface area (Å²) in [6, 6.07) is 0.151. The van der Waals surface area contributed by atoms with Crippen molar-refractivity contribution >= 4 is 16.2 Å². The molecular weight excluding hydrogens is 292 g/mol. The zero-order chi connectivity index (χ0) is 15.5. The molecule has 2 fully saturated rings. The van der Waals surface area contributed by atoms with Gasteiger partial charge in [-0.1, -0.05) is 12.8 Å². The molecule has 0 spiro atoms. The molecule has 2 aliphatic rings. The van der Waals surface area contributed by atoms with Gasteiger partial charge in [-0.15, -0.1) is 0 Å². The summed E-state index contributed by atoms with van der Waals surface area (Å²) in [6.07, 6.45) is 6.60. The molecule has 1 aliphatic carbocycles. The van der Waals surface area contributed by atoms with Gasteiger partial charge < -0.3 is 4.74 Å². The number of carbonyl (C=O) groups is 1. The fraction of sp³-hybridized carbons (Fsp3) is 0.929. The van der Waals surface area contributed by atoms with Gasteiger partial charge >= 0.3 is 5.97 Å².